The highest BCUT2D eigenvalue weighted by atomic mass is 32.2. The van der Waals surface area contributed by atoms with Gasteiger partial charge in [-0.15, -0.1) is 6.58 Å². The molecule has 0 amide bonds. The van der Waals surface area contributed by atoms with Gasteiger partial charge in [0.25, 0.3) is 0 Å². The van der Waals surface area contributed by atoms with Crippen molar-refractivity contribution in [3.8, 4) is 0 Å². The Balaban J connectivity index is 1.34. The fraction of sp³-hybridized carbons (Fsp3) is 0.882. The van der Waals surface area contributed by atoms with Gasteiger partial charge in [-0.1, -0.05) is 6.08 Å². The minimum atomic E-state index is 0.906. The van der Waals surface area contributed by atoms with Crippen molar-refractivity contribution in [3.63, 3.8) is 0 Å². The summed E-state index contributed by atoms with van der Waals surface area (Å²) >= 11 is 15.1. The zero-order valence-corrected chi connectivity index (χ0v) is 20.1. The lowest BCUT2D eigenvalue weighted by Crippen LogP contribution is -2.23. The fourth-order valence-electron chi connectivity index (χ4n) is 2.16. The predicted molar refractivity (Wildman–Crippen MR) is 133 cm³/mol. The van der Waals surface area contributed by atoms with Crippen LogP contribution in [0.3, 0.4) is 0 Å². The normalized spacial score (nSPS) is 26.4. The van der Waals surface area contributed by atoms with Crippen LogP contribution in [-0.4, -0.2) is 79.0 Å². The molecule has 0 radical (unpaired) electrons. The molecular weight excluding hydrogens is 429 g/mol. The average Bonchev–Trinajstić information content (AvgIpc) is 3.43. The molecule has 0 saturated carbocycles. The first-order chi connectivity index (χ1) is 11.9. The van der Waals surface area contributed by atoms with Crippen LogP contribution in [0.25, 0.3) is 0 Å². The number of hydrogen-bond donors (Lipinski definition) is 0. The summed E-state index contributed by atoms with van der Waals surface area (Å²) in [4.78, 5) is 0. The van der Waals surface area contributed by atoms with Crippen molar-refractivity contribution in [2.45, 2.75) is 22.2 Å². The Labute approximate surface area is 179 Å². The maximum atomic E-state index is 3.77. The van der Waals surface area contributed by atoms with Gasteiger partial charge in [-0.05, 0) is 12.2 Å². The van der Waals surface area contributed by atoms with Crippen LogP contribution in [0.2, 0.25) is 0 Å². The van der Waals surface area contributed by atoms with Gasteiger partial charge in [0.2, 0.25) is 0 Å². The first-order valence-electron chi connectivity index (χ1n) is 8.65. The molecule has 140 valence electrons. The highest BCUT2D eigenvalue weighted by molar-refractivity contribution is 8.09. The minimum Gasteiger partial charge on any atom is -0.161 e. The Morgan fingerprint density at radius 1 is 0.708 bits per heavy atom. The van der Waals surface area contributed by atoms with Gasteiger partial charge in [0.15, 0.2) is 0 Å². The Morgan fingerprint density at radius 3 is 1.83 bits per heavy atom. The molecule has 3 atom stereocenters. The van der Waals surface area contributed by atoms with Crippen LogP contribution in [0.15, 0.2) is 12.7 Å². The molecule has 2 aliphatic heterocycles. The molecule has 0 spiro atoms. The lowest BCUT2D eigenvalue weighted by Gasteiger charge is -2.27. The summed E-state index contributed by atoms with van der Waals surface area (Å²) in [6, 6.07) is 0. The van der Waals surface area contributed by atoms with Gasteiger partial charge in [0, 0.05) is 73.3 Å². The highest BCUT2D eigenvalue weighted by Gasteiger charge is 2.22. The SMILES string of the molecule is C=CCSCCSCCC1CSC(CSCCSCC2CS2)CS1. The van der Waals surface area contributed by atoms with Gasteiger partial charge in [0.05, 0.1) is 0 Å². The third-order valence-electron chi connectivity index (χ3n) is 3.61. The number of rotatable bonds is 15. The van der Waals surface area contributed by atoms with E-state index in [-0.39, 0.29) is 0 Å². The molecular formula is C17H30S7. The standard InChI is InChI=1S/C17H30S7/c1-2-4-18-6-7-19-5-3-15-12-23-16(13-22-15)10-20-8-9-21-11-17-14-24-17/h2,15-17H,1,3-14H2. The predicted octanol–water partition coefficient (Wildman–Crippen LogP) is 5.83. The van der Waals surface area contributed by atoms with Crippen LogP contribution < -0.4 is 0 Å². The van der Waals surface area contributed by atoms with Crippen LogP contribution >= 0.6 is 82.3 Å². The van der Waals surface area contributed by atoms with E-state index in [1.54, 1.807) is 0 Å². The summed E-state index contributed by atoms with van der Waals surface area (Å²) in [5.74, 6) is 14.7. The van der Waals surface area contributed by atoms with Gasteiger partial charge < -0.3 is 0 Å². The summed E-state index contributed by atoms with van der Waals surface area (Å²) in [6.07, 6.45) is 3.41. The van der Waals surface area contributed by atoms with Crippen molar-refractivity contribution >= 4 is 82.3 Å². The largest absolute Gasteiger partial charge is 0.161 e. The monoisotopic (exact) mass is 458 g/mol. The van der Waals surface area contributed by atoms with E-state index in [9.17, 15) is 0 Å². The molecule has 24 heavy (non-hydrogen) atoms. The van der Waals surface area contributed by atoms with E-state index in [0.717, 1.165) is 21.5 Å². The summed E-state index contributed by atoms with van der Waals surface area (Å²) in [6.45, 7) is 3.77. The Hall–Kier alpha value is 2.19. The second kappa shape index (κ2) is 15.2. The molecule has 0 aromatic rings. The molecule has 0 aliphatic carbocycles. The van der Waals surface area contributed by atoms with Gasteiger partial charge in [0.1, 0.15) is 0 Å². The number of thioether (sulfide) groups is 7. The van der Waals surface area contributed by atoms with Crippen LogP contribution in [-0.2, 0) is 0 Å². The van der Waals surface area contributed by atoms with Crippen molar-refractivity contribution in [1.82, 2.24) is 0 Å². The van der Waals surface area contributed by atoms with E-state index in [2.05, 4.69) is 77.2 Å². The molecule has 0 N–H and O–H groups in total. The van der Waals surface area contributed by atoms with E-state index in [1.165, 1.54) is 63.9 Å². The molecule has 7 heteroatoms. The lowest BCUT2D eigenvalue weighted by molar-refractivity contribution is 0.910. The molecule has 2 saturated heterocycles. The maximum absolute atomic E-state index is 3.77. The van der Waals surface area contributed by atoms with Crippen molar-refractivity contribution in [2.75, 3.05) is 63.3 Å². The summed E-state index contributed by atoms with van der Waals surface area (Å²) in [5, 5.41) is 2.82. The first-order valence-corrected chi connectivity index (χ1v) is 16.4. The molecule has 2 fully saturated rings. The molecule has 0 bridgehead atoms. The molecule has 0 nitrogen and oxygen atoms in total. The zero-order valence-electron chi connectivity index (χ0n) is 14.4. The summed E-state index contributed by atoms with van der Waals surface area (Å²) < 4.78 is 0. The Kier molecular flexibility index (Phi) is 14.2. The van der Waals surface area contributed by atoms with E-state index in [4.69, 9.17) is 0 Å². The van der Waals surface area contributed by atoms with Gasteiger partial charge in [-0.25, -0.2) is 0 Å². The fourth-order valence-corrected chi connectivity index (χ4v) is 11.0. The van der Waals surface area contributed by atoms with Crippen LogP contribution in [0, 0.1) is 0 Å². The van der Waals surface area contributed by atoms with Crippen molar-refractivity contribution in [1.29, 1.82) is 0 Å². The van der Waals surface area contributed by atoms with Crippen LogP contribution in [0.4, 0.5) is 0 Å². The van der Waals surface area contributed by atoms with Crippen LogP contribution in [0.1, 0.15) is 6.42 Å². The van der Waals surface area contributed by atoms with Crippen LogP contribution in [0.5, 0.6) is 0 Å². The van der Waals surface area contributed by atoms with E-state index >= 15 is 0 Å². The second-order valence-corrected chi connectivity index (χ2v) is 14.5. The summed E-state index contributed by atoms with van der Waals surface area (Å²) in [5.41, 5.74) is 0. The van der Waals surface area contributed by atoms with Crippen molar-refractivity contribution < 1.29 is 0 Å². The van der Waals surface area contributed by atoms with Gasteiger partial charge in [-0.3, -0.25) is 0 Å². The Morgan fingerprint density at radius 2 is 1.25 bits per heavy atom. The van der Waals surface area contributed by atoms with E-state index < -0.39 is 0 Å². The highest BCUT2D eigenvalue weighted by Crippen LogP contribution is 2.35. The third kappa shape index (κ3) is 11.8. The Bertz CT molecular complexity index is 314. The average molecular weight is 459 g/mol. The van der Waals surface area contributed by atoms with Gasteiger partial charge in [-0.2, -0.15) is 82.3 Å². The van der Waals surface area contributed by atoms with E-state index in [1.807, 2.05) is 17.8 Å². The molecule has 2 aliphatic rings. The second-order valence-electron chi connectivity index (χ2n) is 5.78. The summed E-state index contributed by atoms with van der Waals surface area (Å²) in [7, 11) is 0. The quantitative estimate of drug-likeness (QED) is 0.170. The zero-order chi connectivity index (χ0) is 16.9. The van der Waals surface area contributed by atoms with E-state index in [0.29, 0.717) is 0 Å². The molecule has 0 aromatic heterocycles. The molecule has 2 heterocycles. The topological polar surface area (TPSA) is 0 Å². The smallest absolute Gasteiger partial charge is 0.0229 e. The maximum Gasteiger partial charge on any atom is 0.0229 e. The van der Waals surface area contributed by atoms with Gasteiger partial charge >= 0.3 is 0 Å². The van der Waals surface area contributed by atoms with Crippen molar-refractivity contribution in [2.24, 2.45) is 0 Å². The first kappa shape index (κ1) is 22.5. The van der Waals surface area contributed by atoms with Crippen molar-refractivity contribution in [3.05, 3.63) is 12.7 Å². The third-order valence-corrected chi connectivity index (χ3v) is 13.1. The minimum absolute atomic E-state index is 0.906. The molecule has 0 aromatic carbocycles. The number of hydrogen-bond acceptors (Lipinski definition) is 7. The molecule has 2 rings (SSSR count). The molecule has 3 unspecified atom stereocenters. The lowest BCUT2D eigenvalue weighted by atomic mass is 10.4.